The molecule has 0 bridgehead atoms. The predicted octanol–water partition coefficient (Wildman–Crippen LogP) is 5.40. The van der Waals surface area contributed by atoms with E-state index in [1.54, 1.807) is 25.1 Å². The van der Waals surface area contributed by atoms with Crippen molar-refractivity contribution in [2.24, 2.45) is 0 Å². The lowest BCUT2D eigenvalue weighted by Gasteiger charge is -2.35. The Morgan fingerprint density at radius 3 is 2.56 bits per heavy atom. The van der Waals surface area contributed by atoms with E-state index in [2.05, 4.69) is 44.1 Å². The molecule has 0 saturated carbocycles. The first-order valence-corrected chi connectivity index (χ1v) is 11.9. The number of hydrogen-bond donors (Lipinski definition) is 1. The van der Waals surface area contributed by atoms with E-state index in [0.29, 0.717) is 33.5 Å². The van der Waals surface area contributed by atoms with Crippen molar-refractivity contribution in [3.8, 4) is 11.5 Å². The maximum absolute atomic E-state index is 10.8. The highest BCUT2D eigenvalue weighted by Crippen LogP contribution is 2.37. The van der Waals surface area contributed by atoms with E-state index >= 15 is 0 Å². The zero-order valence-electron chi connectivity index (χ0n) is 16.5. The average molecular weight is 409 g/mol. The molecule has 0 amide bonds. The number of aliphatic carboxylic acids is 1. The SMILES string of the molecule is CC(=CC(=O)O)c1ccc(-c2nnc(CO[Si](C)(C)C(C)(C)C)o2)cc1Cl. The van der Waals surface area contributed by atoms with Gasteiger partial charge in [-0.05, 0) is 48.3 Å². The van der Waals surface area contributed by atoms with Gasteiger partial charge in [0.25, 0.3) is 0 Å². The third-order valence-corrected chi connectivity index (χ3v) is 9.60. The Morgan fingerprint density at radius 2 is 2.00 bits per heavy atom. The second-order valence-corrected chi connectivity index (χ2v) is 13.1. The predicted molar refractivity (Wildman–Crippen MR) is 108 cm³/mol. The highest BCUT2D eigenvalue weighted by atomic mass is 35.5. The molecule has 0 atom stereocenters. The van der Waals surface area contributed by atoms with E-state index in [1.165, 1.54) is 0 Å². The van der Waals surface area contributed by atoms with Crippen LogP contribution in [-0.2, 0) is 15.8 Å². The molecule has 0 unspecified atom stereocenters. The van der Waals surface area contributed by atoms with Crippen molar-refractivity contribution in [1.82, 2.24) is 10.2 Å². The fourth-order valence-electron chi connectivity index (χ4n) is 2.12. The minimum Gasteiger partial charge on any atom is -0.478 e. The van der Waals surface area contributed by atoms with Crippen LogP contribution in [0.4, 0.5) is 0 Å². The Balaban J connectivity index is 2.17. The van der Waals surface area contributed by atoms with Gasteiger partial charge < -0.3 is 13.9 Å². The van der Waals surface area contributed by atoms with Gasteiger partial charge in [-0.15, -0.1) is 10.2 Å². The van der Waals surface area contributed by atoms with E-state index in [-0.39, 0.29) is 11.6 Å². The summed E-state index contributed by atoms with van der Waals surface area (Å²) in [7, 11) is -1.90. The van der Waals surface area contributed by atoms with Gasteiger partial charge in [0.2, 0.25) is 11.8 Å². The quantitative estimate of drug-likeness (QED) is 0.508. The third kappa shape index (κ3) is 5.28. The van der Waals surface area contributed by atoms with Gasteiger partial charge in [0.1, 0.15) is 6.61 Å². The molecule has 27 heavy (non-hydrogen) atoms. The number of rotatable bonds is 6. The summed E-state index contributed by atoms with van der Waals surface area (Å²) in [5.41, 5.74) is 1.87. The minimum absolute atomic E-state index is 0.0978. The van der Waals surface area contributed by atoms with Gasteiger partial charge in [-0.2, -0.15) is 0 Å². The monoisotopic (exact) mass is 408 g/mol. The van der Waals surface area contributed by atoms with E-state index in [4.69, 9.17) is 25.6 Å². The van der Waals surface area contributed by atoms with Gasteiger partial charge in [0.05, 0.1) is 0 Å². The lowest BCUT2D eigenvalue weighted by molar-refractivity contribution is -0.131. The third-order valence-electron chi connectivity index (χ3n) is 4.81. The summed E-state index contributed by atoms with van der Waals surface area (Å²) in [6, 6.07) is 5.19. The molecule has 0 aliphatic rings. The molecule has 1 heterocycles. The first-order valence-electron chi connectivity index (χ1n) is 8.58. The largest absolute Gasteiger partial charge is 0.478 e. The van der Waals surface area contributed by atoms with Gasteiger partial charge in [-0.25, -0.2) is 4.79 Å². The summed E-state index contributed by atoms with van der Waals surface area (Å²) >= 11 is 6.29. The maximum atomic E-state index is 10.8. The summed E-state index contributed by atoms with van der Waals surface area (Å²) < 4.78 is 11.8. The summed E-state index contributed by atoms with van der Waals surface area (Å²) in [5, 5.41) is 17.5. The Hall–Kier alpha value is -1.96. The zero-order chi connectivity index (χ0) is 20.4. The summed E-state index contributed by atoms with van der Waals surface area (Å²) in [4.78, 5) is 10.8. The number of aromatic nitrogens is 2. The molecular weight excluding hydrogens is 384 g/mol. The van der Waals surface area contributed by atoms with Crippen molar-refractivity contribution in [2.45, 2.75) is 52.4 Å². The van der Waals surface area contributed by atoms with Crippen molar-refractivity contribution in [1.29, 1.82) is 0 Å². The Bertz CT molecular complexity index is 869. The fraction of sp³-hybridized carbons (Fsp3) is 0.421. The van der Waals surface area contributed by atoms with Crippen LogP contribution in [-0.4, -0.2) is 29.6 Å². The number of carbonyl (C=O) groups is 1. The van der Waals surface area contributed by atoms with Gasteiger partial charge in [0.15, 0.2) is 8.32 Å². The summed E-state index contributed by atoms with van der Waals surface area (Å²) in [5.74, 6) is -0.259. The smallest absolute Gasteiger partial charge is 0.328 e. The Labute approximate surface area is 165 Å². The van der Waals surface area contributed by atoms with E-state index < -0.39 is 14.3 Å². The van der Waals surface area contributed by atoms with Crippen LogP contribution in [0.1, 0.15) is 39.1 Å². The average Bonchev–Trinajstić information content (AvgIpc) is 3.00. The summed E-state index contributed by atoms with van der Waals surface area (Å²) in [6.45, 7) is 12.8. The van der Waals surface area contributed by atoms with Gasteiger partial charge in [-0.1, -0.05) is 38.4 Å². The number of allylic oxidation sites excluding steroid dienone is 1. The topological polar surface area (TPSA) is 85.5 Å². The van der Waals surface area contributed by atoms with Crippen LogP contribution in [0, 0.1) is 0 Å². The molecule has 0 fully saturated rings. The summed E-state index contributed by atoms with van der Waals surface area (Å²) in [6.07, 6.45) is 1.11. The Morgan fingerprint density at radius 1 is 1.33 bits per heavy atom. The molecule has 2 rings (SSSR count). The van der Waals surface area contributed by atoms with Crippen LogP contribution in [0.15, 0.2) is 28.7 Å². The molecule has 0 spiro atoms. The number of carboxylic acids is 1. The molecule has 0 aliphatic heterocycles. The molecule has 0 radical (unpaired) electrons. The van der Waals surface area contributed by atoms with Crippen LogP contribution in [0.2, 0.25) is 23.2 Å². The number of halogens is 1. The molecule has 0 saturated heterocycles. The highest BCUT2D eigenvalue weighted by molar-refractivity contribution is 6.74. The maximum Gasteiger partial charge on any atom is 0.328 e. The van der Waals surface area contributed by atoms with Crippen LogP contribution in [0.3, 0.4) is 0 Å². The second-order valence-electron chi connectivity index (χ2n) is 7.91. The fourth-order valence-corrected chi connectivity index (χ4v) is 3.37. The highest BCUT2D eigenvalue weighted by Gasteiger charge is 2.37. The number of nitrogens with zero attached hydrogens (tertiary/aromatic N) is 2. The molecule has 1 N–H and O–H groups in total. The molecular formula is C19H25ClN2O4Si. The van der Waals surface area contributed by atoms with Gasteiger partial charge in [0, 0.05) is 16.7 Å². The standard InChI is InChI=1S/C19H25ClN2O4Si/c1-12(9-17(23)24)14-8-7-13(10-15(14)20)18-22-21-16(26-18)11-25-27(5,6)19(2,3)4/h7-10H,11H2,1-6H3,(H,23,24). The lowest BCUT2D eigenvalue weighted by Crippen LogP contribution is -2.40. The van der Waals surface area contributed by atoms with Gasteiger partial charge in [-0.3, -0.25) is 0 Å². The van der Waals surface area contributed by atoms with E-state index in [1.807, 2.05) is 0 Å². The van der Waals surface area contributed by atoms with Crippen molar-refractivity contribution in [3.63, 3.8) is 0 Å². The molecule has 6 nitrogen and oxygen atoms in total. The van der Waals surface area contributed by atoms with Crippen molar-refractivity contribution in [2.75, 3.05) is 0 Å². The first kappa shape index (κ1) is 21.3. The number of carboxylic acid groups (broad SMARTS) is 1. The number of benzene rings is 1. The molecule has 0 aliphatic carbocycles. The van der Waals surface area contributed by atoms with Crippen molar-refractivity contribution < 1.29 is 18.7 Å². The van der Waals surface area contributed by atoms with Crippen molar-refractivity contribution >= 4 is 31.5 Å². The Kier molecular flexibility index (Phi) is 6.29. The van der Waals surface area contributed by atoms with E-state index in [0.717, 1.165) is 6.08 Å². The molecule has 8 heteroatoms. The van der Waals surface area contributed by atoms with Crippen LogP contribution < -0.4 is 0 Å². The van der Waals surface area contributed by atoms with Crippen LogP contribution in [0.5, 0.6) is 0 Å². The van der Waals surface area contributed by atoms with Crippen LogP contribution in [0.25, 0.3) is 17.0 Å². The molecule has 146 valence electrons. The van der Waals surface area contributed by atoms with Gasteiger partial charge >= 0.3 is 5.97 Å². The van der Waals surface area contributed by atoms with Crippen molar-refractivity contribution in [3.05, 3.63) is 40.8 Å². The normalized spacial score (nSPS) is 13.1. The second kappa shape index (κ2) is 7.96. The minimum atomic E-state index is -1.90. The van der Waals surface area contributed by atoms with Crippen LogP contribution >= 0.6 is 11.6 Å². The number of hydrogen-bond acceptors (Lipinski definition) is 5. The lowest BCUT2D eigenvalue weighted by atomic mass is 10.0. The molecule has 1 aromatic heterocycles. The zero-order valence-corrected chi connectivity index (χ0v) is 18.2. The molecule has 2 aromatic rings. The molecule has 1 aromatic carbocycles. The van der Waals surface area contributed by atoms with E-state index in [9.17, 15) is 4.79 Å². The first-order chi connectivity index (χ1) is 12.4.